The average Bonchev–Trinajstić information content (AvgIpc) is 3.09. The average molecular weight is 322 g/mol. The van der Waals surface area contributed by atoms with E-state index in [2.05, 4.69) is 21.8 Å². The van der Waals surface area contributed by atoms with Crippen molar-refractivity contribution in [2.75, 3.05) is 20.1 Å². The number of rotatable bonds is 5. The number of likely N-dealkylation sites (tertiary alicyclic amines) is 1. The van der Waals surface area contributed by atoms with Gasteiger partial charge in [0, 0.05) is 37.9 Å². The first-order valence-corrected chi connectivity index (χ1v) is 8.52. The van der Waals surface area contributed by atoms with Crippen molar-refractivity contribution in [3.05, 3.63) is 18.2 Å². The molecule has 1 aliphatic heterocycles. The van der Waals surface area contributed by atoms with Crippen molar-refractivity contribution in [1.29, 1.82) is 0 Å². The molecule has 0 aliphatic carbocycles. The Labute approximate surface area is 139 Å². The third-order valence-corrected chi connectivity index (χ3v) is 4.15. The molecule has 1 amide bonds. The fourth-order valence-electron chi connectivity index (χ4n) is 3.16. The summed E-state index contributed by atoms with van der Waals surface area (Å²) < 4.78 is 7.69. The first kappa shape index (κ1) is 17.8. The van der Waals surface area contributed by atoms with Gasteiger partial charge in [0.1, 0.15) is 11.4 Å². The number of nitrogens with one attached hydrogen (secondary N) is 1. The Morgan fingerprint density at radius 2 is 2.26 bits per heavy atom. The summed E-state index contributed by atoms with van der Waals surface area (Å²) in [6, 6.07) is 0.156. The number of carbonyl (C=O) groups is 1. The molecule has 1 aliphatic rings. The van der Waals surface area contributed by atoms with E-state index in [0.29, 0.717) is 12.5 Å². The van der Waals surface area contributed by atoms with E-state index in [0.717, 1.165) is 31.8 Å². The zero-order valence-corrected chi connectivity index (χ0v) is 15.0. The van der Waals surface area contributed by atoms with Crippen LogP contribution in [0.2, 0.25) is 0 Å². The van der Waals surface area contributed by atoms with Gasteiger partial charge >= 0.3 is 6.09 Å². The summed E-state index contributed by atoms with van der Waals surface area (Å²) in [6.45, 7) is 10.3. The van der Waals surface area contributed by atoms with Crippen LogP contribution in [0.1, 0.15) is 52.4 Å². The molecule has 0 radical (unpaired) electrons. The SMILES string of the molecule is CCCn1ccnc1C(NC)C1CCN(C(=O)OC(C)(C)C)C1. The smallest absolute Gasteiger partial charge is 0.410 e. The van der Waals surface area contributed by atoms with Crippen LogP contribution in [-0.4, -0.2) is 46.3 Å². The van der Waals surface area contributed by atoms with Gasteiger partial charge in [0.15, 0.2) is 0 Å². The van der Waals surface area contributed by atoms with E-state index in [1.54, 1.807) is 0 Å². The fourth-order valence-corrected chi connectivity index (χ4v) is 3.16. The fraction of sp³-hybridized carbons (Fsp3) is 0.765. The Balaban J connectivity index is 2.04. The van der Waals surface area contributed by atoms with Crippen LogP contribution < -0.4 is 5.32 Å². The van der Waals surface area contributed by atoms with Crippen molar-refractivity contribution in [3.63, 3.8) is 0 Å². The maximum Gasteiger partial charge on any atom is 0.410 e. The van der Waals surface area contributed by atoms with Gasteiger partial charge in [0.2, 0.25) is 0 Å². The first-order valence-electron chi connectivity index (χ1n) is 8.52. The highest BCUT2D eigenvalue weighted by Crippen LogP contribution is 2.30. The molecule has 2 rings (SSSR count). The highest BCUT2D eigenvalue weighted by Gasteiger charge is 2.35. The van der Waals surface area contributed by atoms with Crippen LogP contribution in [0.25, 0.3) is 0 Å². The molecular formula is C17H30N4O2. The Morgan fingerprint density at radius 1 is 1.52 bits per heavy atom. The Morgan fingerprint density at radius 3 is 2.87 bits per heavy atom. The number of nitrogens with zero attached hydrogens (tertiary/aromatic N) is 3. The van der Waals surface area contributed by atoms with Gasteiger partial charge in [-0.25, -0.2) is 9.78 Å². The molecule has 1 aromatic heterocycles. The molecule has 2 atom stereocenters. The van der Waals surface area contributed by atoms with Gasteiger partial charge < -0.3 is 19.5 Å². The van der Waals surface area contributed by atoms with Crippen molar-refractivity contribution in [3.8, 4) is 0 Å². The van der Waals surface area contributed by atoms with Gasteiger partial charge in [-0.3, -0.25) is 0 Å². The van der Waals surface area contributed by atoms with Crippen molar-refractivity contribution >= 4 is 6.09 Å². The molecule has 2 heterocycles. The van der Waals surface area contributed by atoms with Crippen LogP contribution in [0.15, 0.2) is 12.4 Å². The Bertz CT molecular complexity index is 521. The quantitative estimate of drug-likeness (QED) is 0.905. The van der Waals surface area contributed by atoms with E-state index in [4.69, 9.17) is 4.74 Å². The minimum Gasteiger partial charge on any atom is -0.444 e. The molecular weight excluding hydrogens is 292 g/mol. The number of imidazole rings is 1. The molecule has 130 valence electrons. The summed E-state index contributed by atoms with van der Waals surface area (Å²) in [5.74, 6) is 1.41. The summed E-state index contributed by atoms with van der Waals surface area (Å²) in [7, 11) is 1.96. The zero-order chi connectivity index (χ0) is 17.0. The summed E-state index contributed by atoms with van der Waals surface area (Å²) in [5, 5.41) is 3.39. The van der Waals surface area contributed by atoms with Crippen LogP contribution in [-0.2, 0) is 11.3 Å². The zero-order valence-electron chi connectivity index (χ0n) is 15.0. The third kappa shape index (κ3) is 4.47. The van der Waals surface area contributed by atoms with Crippen LogP contribution in [0.3, 0.4) is 0 Å². The number of ether oxygens (including phenoxy) is 1. The third-order valence-electron chi connectivity index (χ3n) is 4.15. The van der Waals surface area contributed by atoms with E-state index in [-0.39, 0.29) is 12.1 Å². The first-order chi connectivity index (χ1) is 10.9. The number of aromatic nitrogens is 2. The van der Waals surface area contributed by atoms with E-state index in [9.17, 15) is 4.79 Å². The van der Waals surface area contributed by atoms with E-state index < -0.39 is 5.60 Å². The molecule has 6 nitrogen and oxygen atoms in total. The number of carbonyl (C=O) groups excluding carboxylic acids is 1. The monoisotopic (exact) mass is 322 g/mol. The topological polar surface area (TPSA) is 59.4 Å². The maximum atomic E-state index is 12.2. The van der Waals surface area contributed by atoms with Gasteiger partial charge in [0.05, 0.1) is 6.04 Å². The van der Waals surface area contributed by atoms with Crippen LogP contribution in [0, 0.1) is 5.92 Å². The molecule has 0 spiro atoms. The summed E-state index contributed by atoms with van der Waals surface area (Å²) in [5.41, 5.74) is -0.449. The van der Waals surface area contributed by atoms with Crippen molar-refractivity contribution < 1.29 is 9.53 Å². The molecule has 23 heavy (non-hydrogen) atoms. The van der Waals surface area contributed by atoms with Crippen LogP contribution in [0.4, 0.5) is 4.79 Å². The Hall–Kier alpha value is -1.56. The molecule has 1 saturated heterocycles. The molecule has 6 heteroatoms. The van der Waals surface area contributed by atoms with Gasteiger partial charge in [-0.15, -0.1) is 0 Å². The summed E-state index contributed by atoms with van der Waals surface area (Å²) in [4.78, 5) is 18.6. The molecule has 1 fully saturated rings. The molecule has 1 N–H and O–H groups in total. The second-order valence-electron chi connectivity index (χ2n) is 7.22. The second kappa shape index (κ2) is 7.34. The standard InChI is InChI=1S/C17H30N4O2/c1-6-9-20-11-8-19-15(20)14(18-5)13-7-10-21(12-13)16(22)23-17(2,3)4/h8,11,13-14,18H,6-7,9-10,12H2,1-5H3. The maximum absolute atomic E-state index is 12.2. The number of amides is 1. The molecule has 1 aromatic rings. The predicted molar refractivity (Wildman–Crippen MR) is 90.2 cm³/mol. The molecule has 2 unspecified atom stereocenters. The predicted octanol–water partition coefficient (Wildman–Crippen LogP) is 2.81. The van der Waals surface area contributed by atoms with Gasteiger partial charge in [-0.05, 0) is 40.7 Å². The van der Waals surface area contributed by atoms with Gasteiger partial charge in [-0.2, -0.15) is 0 Å². The molecule has 0 aromatic carbocycles. The lowest BCUT2D eigenvalue weighted by atomic mass is 9.98. The van der Waals surface area contributed by atoms with E-state index >= 15 is 0 Å². The summed E-state index contributed by atoms with van der Waals surface area (Å²) in [6.07, 6.45) is 5.71. The lowest BCUT2D eigenvalue weighted by Crippen LogP contribution is -2.36. The second-order valence-corrected chi connectivity index (χ2v) is 7.22. The lowest BCUT2D eigenvalue weighted by Gasteiger charge is -2.26. The lowest BCUT2D eigenvalue weighted by molar-refractivity contribution is 0.0285. The summed E-state index contributed by atoms with van der Waals surface area (Å²) >= 11 is 0. The number of hydrogen-bond acceptors (Lipinski definition) is 4. The minimum atomic E-state index is -0.449. The largest absolute Gasteiger partial charge is 0.444 e. The Kier molecular flexibility index (Phi) is 5.68. The number of hydrogen-bond donors (Lipinski definition) is 1. The van der Waals surface area contributed by atoms with Crippen molar-refractivity contribution in [2.45, 2.75) is 58.7 Å². The minimum absolute atomic E-state index is 0.156. The molecule has 0 saturated carbocycles. The van der Waals surface area contributed by atoms with E-state index in [1.165, 1.54) is 0 Å². The van der Waals surface area contributed by atoms with Gasteiger partial charge in [-0.1, -0.05) is 6.92 Å². The van der Waals surface area contributed by atoms with Crippen molar-refractivity contribution in [1.82, 2.24) is 19.8 Å². The van der Waals surface area contributed by atoms with Crippen LogP contribution >= 0.6 is 0 Å². The van der Waals surface area contributed by atoms with E-state index in [1.807, 2.05) is 45.1 Å². The molecule has 0 bridgehead atoms. The highest BCUT2D eigenvalue weighted by molar-refractivity contribution is 5.68. The van der Waals surface area contributed by atoms with Crippen molar-refractivity contribution in [2.24, 2.45) is 5.92 Å². The number of aryl methyl sites for hydroxylation is 1. The normalized spacial score (nSPS) is 19.9. The highest BCUT2D eigenvalue weighted by atomic mass is 16.6. The van der Waals surface area contributed by atoms with Gasteiger partial charge in [0.25, 0.3) is 0 Å². The van der Waals surface area contributed by atoms with Crippen LogP contribution in [0.5, 0.6) is 0 Å².